The van der Waals surface area contributed by atoms with E-state index >= 15 is 0 Å². The zero-order valence-electron chi connectivity index (χ0n) is 14.8. The fourth-order valence-corrected chi connectivity index (χ4v) is 2.97. The van der Waals surface area contributed by atoms with Crippen molar-refractivity contribution in [1.82, 2.24) is 4.98 Å². The van der Waals surface area contributed by atoms with Gasteiger partial charge in [-0.2, -0.15) is 0 Å². The molecule has 2 aromatic heterocycles. The van der Waals surface area contributed by atoms with E-state index in [1.54, 1.807) is 46.6 Å². The lowest BCUT2D eigenvalue weighted by molar-refractivity contribution is 0.210. The molecule has 0 amide bonds. The van der Waals surface area contributed by atoms with Gasteiger partial charge < -0.3 is 23.7 Å². The van der Waals surface area contributed by atoms with Crippen LogP contribution in [0, 0.1) is 0 Å². The molecule has 1 unspecified atom stereocenters. The minimum absolute atomic E-state index is 0.299. The number of ether oxygens (including phenoxy) is 3. The molecule has 6 nitrogen and oxygen atoms in total. The summed E-state index contributed by atoms with van der Waals surface area (Å²) in [6, 6.07) is 3.57. The van der Waals surface area contributed by atoms with E-state index in [1.807, 2.05) is 0 Å². The van der Waals surface area contributed by atoms with Crippen molar-refractivity contribution in [2.24, 2.45) is 0 Å². The third kappa shape index (κ3) is 2.78. The maximum atomic E-state index is 10.4. The van der Waals surface area contributed by atoms with Gasteiger partial charge in [-0.15, -0.1) is 0 Å². The first kappa shape index (κ1) is 17.1. The predicted molar refractivity (Wildman–Crippen MR) is 95.7 cm³/mol. The average molecular weight is 343 g/mol. The summed E-state index contributed by atoms with van der Waals surface area (Å²) in [5, 5.41) is 11.9. The number of rotatable bonds is 6. The van der Waals surface area contributed by atoms with Crippen LogP contribution in [0.4, 0.5) is 0 Å². The molecule has 0 radical (unpaired) electrons. The first-order valence-electron chi connectivity index (χ1n) is 7.84. The van der Waals surface area contributed by atoms with Crippen LogP contribution in [0.2, 0.25) is 0 Å². The number of hydrogen-bond donors (Lipinski definition) is 1. The largest absolute Gasteiger partial charge is 0.495 e. The Bertz CT molecular complexity index is 944. The molecule has 0 saturated heterocycles. The van der Waals surface area contributed by atoms with Gasteiger partial charge in [0.25, 0.3) is 0 Å². The van der Waals surface area contributed by atoms with Gasteiger partial charge in [0, 0.05) is 18.1 Å². The maximum absolute atomic E-state index is 10.4. The molecule has 3 aromatic rings. The third-order valence-corrected chi connectivity index (χ3v) is 4.26. The molecule has 0 aliphatic rings. The molecule has 3 rings (SSSR count). The fraction of sp³-hybridized carbons (Fsp3) is 0.316. The SMILES string of the molecule is C=C(C)C(O)Cc1c(OC)c(OC)cc2nc3occc3c(OC)c12. The van der Waals surface area contributed by atoms with Crippen molar-refractivity contribution >= 4 is 22.0 Å². The molecule has 0 fully saturated rings. The molecule has 25 heavy (non-hydrogen) atoms. The first-order valence-corrected chi connectivity index (χ1v) is 7.84. The number of fused-ring (bicyclic) bond motifs is 2. The summed E-state index contributed by atoms with van der Waals surface area (Å²) in [6.45, 7) is 5.61. The summed E-state index contributed by atoms with van der Waals surface area (Å²) in [5.74, 6) is 1.69. The van der Waals surface area contributed by atoms with E-state index < -0.39 is 6.10 Å². The summed E-state index contributed by atoms with van der Waals surface area (Å²) in [7, 11) is 4.72. The van der Waals surface area contributed by atoms with Crippen LogP contribution >= 0.6 is 0 Å². The molecular weight excluding hydrogens is 322 g/mol. The summed E-state index contributed by atoms with van der Waals surface area (Å²) < 4.78 is 22.1. The van der Waals surface area contributed by atoms with Crippen molar-refractivity contribution in [1.29, 1.82) is 0 Å². The van der Waals surface area contributed by atoms with Crippen molar-refractivity contribution < 1.29 is 23.7 Å². The number of nitrogens with zero attached hydrogens (tertiary/aromatic N) is 1. The van der Waals surface area contributed by atoms with Crippen molar-refractivity contribution in [3.8, 4) is 17.2 Å². The number of aromatic nitrogens is 1. The topological polar surface area (TPSA) is 74.0 Å². The van der Waals surface area contributed by atoms with Crippen LogP contribution in [0.1, 0.15) is 12.5 Å². The van der Waals surface area contributed by atoms with Crippen molar-refractivity contribution in [2.75, 3.05) is 21.3 Å². The summed E-state index contributed by atoms with van der Waals surface area (Å²) in [4.78, 5) is 4.56. The lowest BCUT2D eigenvalue weighted by Gasteiger charge is -2.19. The van der Waals surface area contributed by atoms with Gasteiger partial charge in [-0.3, -0.25) is 0 Å². The third-order valence-electron chi connectivity index (χ3n) is 4.26. The zero-order chi connectivity index (χ0) is 18.1. The standard InChI is InChI=1S/C19H21NO5/c1-10(2)14(21)8-12-16-13(9-15(22-3)17(12)23-4)20-19-11(6-7-25-19)18(16)24-5/h6-7,9,14,21H,1,8H2,2-5H3. The molecule has 0 aliphatic carbocycles. The fourth-order valence-electron chi connectivity index (χ4n) is 2.97. The van der Waals surface area contributed by atoms with E-state index in [1.165, 1.54) is 0 Å². The van der Waals surface area contributed by atoms with Crippen LogP contribution in [-0.4, -0.2) is 37.5 Å². The van der Waals surface area contributed by atoms with Gasteiger partial charge >= 0.3 is 0 Å². The van der Waals surface area contributed by atoms with Gasteiger partial charge in [0.05, 0.1) is 50.0 Å². The molecule has 132 valence electrons. The van der Waals surface area contributed by atoms with Gasteiger partial charge in [0.2, 0.25) is 5.71 Å². The highest BCUT2D eigenvalue weighted by Crippen LogP contribution is 2.44. The van der Waals surface area contributed by atoms with Gasteiger partial charge in [0.15, 0.2) is 11.5 Å². The minimum atomic E-state index is -0.728. The Labute approximate surface area is 145 Å². The van der Waals surface area contributed by atoms with Crippen LogP contribution in [0.15, 0.2) is 35.0 Å². The van der Waals surface area contributed by atoms with Crippen molar-refractivity contribution in [3.63, 3.8) is 0 Å². The van der Waals surface area contributed by atoms with E-state index in [0.29, 0.717) is 40.5 Å². The number of benzene rings is 1. The number of hydrogen-bond acceptors (Lipinski definition) is 6. The Kier molecular flexibility index (Phi) is 4.55. The van der Waals surface area contributed by atoms with Crippen molar-refractivity contribution in [2.45, 2.75) is 19.4 Å². The molecule has 0 aliphatic heterocycles. The Morgan fingerprint density at radius 1 is 1.24 bits per heavy atom. The summed E-state index contributed by atoms with van der Waals surface area (Å²) in [6.07, 6.45) is 1.14. The molecule has 2 heterocycles. The van der Waals surface area contributed by atoms with Gasteiger partial charge in [-0.25, -0.2) is 4.98 Å². The van der Waals surface area contributed by atoms with E-state index in [-0.39, 0.29) is 0 Å². The molecular formula is C19H21NO5. The average Bonchev–Trinajstić information content (AvgIpc) is 3.07. The number of aliphatic hydroxyl groups is 1. The second-order valence-electron chi connectivity index (χ2n) is 5.84. The van der Waals surface area contributed by atoms with E-state index in [4.69, 9.17) is 18.6 Å². The molecule has 0 bridgehead atoms. The Morgan fingerprint density at radius 3 is 2.56 bits per heavy atom. The Hall–Kier alpha value is -2.73. The van der Waals surface area contributed by atoms with Crippen LogP contribution in [0.3, 0.4) is 0 Å². The highest BCUT2D eigenvalue weighted by atomic mass is 16.5. The van der Waals surface area contributed by atoms with Crippen LogP contribution < -0.4 is 14.2 Å². The molecule has 1 aromatic carbocycles. The minimum Gasteiger partial charge on any atom is -0.495 e. The van der Waals surface area contributed by atoms with Crippen LogP contribution in [0.25, 0.3) is 22.0 Å². The zero-order valence-corrected chi connectivity index (χ0v) is 14.8. The first-order chi connectivity index (χ1) is 12.0. The summed E-state index contributed by atoms with van der Waals surface area (Å²) >= 11 is 0. The highest BCUT2D eigenvalue weighted by molar-refractivity contribution is 6.02. The van der Waals surface area contributed by atoms with Crippen LogP contribution in [-0.2, 0) is 6.42 Å². The molecule has 1 N–H and O–H groups in total. The van der Waals surface area contributed by atoms with E-state index in [2.05, 4.69) is 11.6 Å². The number of furan rings is 1. The number of aliphatic hydroxyl groups excluding tert-OH is 1. The molecule has 1 atom stereocenters. The number of methoxy groups -OCH3 is 3. The van der Waals surface area contributed by atoms with Gasteiger partial charge in [0.1, 0.15) is 5.75 Å². The lowest BCUT2D eigenvalue weighted by Crippen LogP contribution is -2.13. The van der Waals surface area contributed by atoms with Crippen molar-refractivity contribution in [3.05, 3.63) is 36.1 Å². The molecule has 6 heteroatoms. The monoisotopic (exact) mass is 343 g/mol. The number of pyridine rings is 1. The van der Waals surface area contributed by atoms with E-state index in [0.717, 1.165) is 16.3 Å². The van der Waals surface area contributed by atoms with E-state index in [9.17, 15) is 5.11 Å². The molecule has 0 spiro atoms. The maximum Gasteiger partial charge on any atom is 0.230 e. The van der Waals surface area contributed by atoms with Gasteiger partial charge in [-0.1, -0.05) is 12.2 Å². The Balaban J connectivity index is 2.43. The summed E-state index contributed by atoms with van der Waals surface area (Å²) in [5.41, 5.74) is 2.53. The smallest absolute Gasteiger partial charge is 0.230 e. The lowest BCUT2D eigenvalue weighted by atomic mass is 9.96. The molecule has 0 saturated carbocycles. The predicted octanol–water partition coefficient (Wildman–Crippen LogP) is 3.49. The van der Waals surface area contributed by atoms with Gasteiger partial charge in [-0.05, 0) is 13.0 Å². The normalized spacial score (nSPS) is 12.4. The second kappa shape index (κ2) is 6.64. The quantitative estimate of drug-likeness (QED) is 0.691. The van der Waals surface area contributed by atoms with Crippen LogP contribution in [0.5, 0.6) is 17.2 Å². The Morgan fingerprint density at radius 2 is 1.96 bits per heavy atom. The highest BCUT2D eigenvalue weighted by Gasteiger charge is 2.24. The second-order valence-corrected chi connectivity index (χ2v) is 5.84.